The molecule has 0 radical (unpaired) electrons. The quantitative estimate of drug-likeness (QED) is 0.750. The Morgan fingerprint density at radius 1 is 1.12 bits per heavy atom. The van der Waals surface area contributed by atoms with Gasteiger partial charge in [0.05, 0.1) is 24.8 Å². The maximum Gasteiger partial charge on any atom is 0.130 e. The van der Waals surface area contributed by atoms with Crippen LogP contribution >= 0.6 is 0 Å². The molecule has 3 heterocycles. The van der Waals surface area contributed by atoms with Gasteiger partial charge >= 0.3 is 0 Å². The maximum absolute atomic E-state index is 6.01. The van der Waals surface area contributed by atoms with Gasteiger partial charge in [0.1, 0.15) is 5.75 Å². The lowest BCUT2D eigenvalue weighted by Gasteiger charge is -2.25. The van der Waals surface area contributed by atoms with E-state index in [9.17, 15) is 0 Å². The standard InChI is InChI=1S/C19H21NO2.C2H6/c1-11-8-19(21-3)16-9-13(4-6-17(16)20-11)15-10-14-5-7-18(22-14)12(15)2;1-2/h4,6,8-9,14,18H,5,7,10H2,1-3H3;1-2H3. The first-order valence-corrected chi connectivity index (χ1v) is 8.96. The minimum atomic E-state index is 0.322. The lowest BCUT2D eigenvalue weighted by Crippen LogP contribution is -2.19. The van der Waals surface area contributed by atoms with Gasteiger partial charge in [-0.3, -0.25) is 4.98 Å². The summed E-state index contributed by atoms with van der Waals surface area (Å²) >= 11 is 0. The van der Waals surface area contributed by atoms with Crippen molar-refractivity contribution in [1.82, 2.24) is 4.98 Å². The fourth-order valence-electron chi connectivity index (χ4n) is 3.78. The zero-order valence-electron chi connectivity index (χ0n) is 15.3. The van der Waals surface area contributed by atoms with Crippen LogP contribution in [0.15, 0.2) is 29.8 Å². The number of fused-ring (bicyclic) bond motifs is 3. The van der Waals surface area contributed by atoms with Gasteiger partial charge < -0.3 is 9.47 Å². The molecule has 1 aromatic carbocycles. The van der Waals surface area contributed by atoms with Crippen LogP contribution in [-0.2, 0) is 4.74 Å². The number of nitrogens with zero attached hydrogens (tertiary/aromatic N) is 1. The van der Waals surface area contributed by atoms with Crippen LogP contribution in [0, 0.1) is 6.92 Å². The van der Waals surface area contributed by atoms with Crippen molar-refractivity contribution in [2.75, 3.05) is 7.11 Å². The Hall–Kier alpha value is -1.87. The molecule has 2 unspecified atom stereocenters. The van der Waals surface area contributed by atoms with Crippen LogP contribution in [0.4, 0.5) is 0 Å². The Morgan fingerprint density at radius 2 is 1.92 bits per heavy atom. The van der Waals surface area contributed by atoms with Gasteiger partial charge in [0.25, 0.3) is 0 Å². The fraction of sp³-hybridized carbons (Fsp3) is 0.476. The predicted molar refractivity (Wildman–Crippen MR) is 99.5 cm³/mol. The zero-order chi connectivity index (χ0) is 17.3. The Kier molecular flexibility index (Phi) is 4.91. The van der Waals surface area contributed by atoms with Gasteiger partial charge in [-0.2, -0.15) is 0 Å². The van der Waals surface area contributed by atoms with Crippen molar-refractivity contribution in [1.29, 1.82) is 0 Å². The zero-order valence-corrected chi connectivity index (χ0v) is 15.3. The molecule has 128 valence electrons. The van der Waals surface area contributed by atoms with Crippen LogP contribution < -0.4 is 4.74 Å². The van der Waals surface area contributed by atoms with E-state index in [4.69, 9.17) is 9.47 Å². The van der Waals surface area contributed by atoms with Crippen molar-refractivity contribution in [2.45, 2.75) is 59.2 Å². The third-order valence-electron chi connectivity index (χ3n) is 4.97. The summed E-state index contributed by atoms with van der Waals surface area (Å²) in [5.41, 5.74) is 6.11. The van der Waals surface area contributed by atoms with E-state index in [1.165, 1.54) is 23.1 Å². The monoisotopic (exact) mass is 325 g/mol. The minimum Gasteiger partial charge on any atom is -0.496 e. The van der Waals surface area contributed by atoms with Crippen molar-refractivity contribution in [3.8, 4) is 5.75 Å². The largest absolute Gasteiger partial charge is 0.496 e. The van der Waals surface area contributed by atoms with Crippen LogP contribution in [0.25, 0.3) is 16.5 Å². The first kappa shape index (κ1) is 17.0. The Bertz CT molecular complexity index is 779. The van der Waals surface area contributed by atoms with Crippen LogP contribution in [0.3, 0.4) is 0 Å². The summed E-state index contributed by atoms with van der Waals surface area (Å²) < 4.78 is 11.6. The topological polar surface area (TPSA) is 31.4 Å². The van der Waals surface area contributed by atoms with Crippen LogP contribution in [0.1, 0.15) is 51.3 Å². The van der Waals surface area contributed by atoms with Gasteiger partial charge in [-0.05, 0) is 62.0 Å². The second-order valence-corrected chi connectivity index (χ2v) is 6.39. The molecule has 3 heteroatoms. The van der Waals surface area contributed by atoms with Crippen molar-refractivity contribution in [2.24, 2.45) is 0 Å². The number of methoxy groups -OCH3 is 1. The van der Waals surface area contributed by atoms with Crippen LogP contribution in [0.5, 0.6) is 5.75 Å². The normalized spacial score (nSPS) is 22.4. The molecular weight excluding hydrogens is 298 g/mol. The molecule has 2 aliphatic heterocycles. The smallest absolute Gasteiger partial charge is 0.130 e. The highest BCUT2D eigenvalue weighted by Crippen LogP contribution is 2.41. The summed E-state index contributed by atoms with van der Waals surface area (Å²) in [6.07, 6.45) is 4.09. The fourth-order valence-corrected chi connectivity index (χ4v) is 3.78. The molecule has 2 bridgehead atoms. The molecule has 0 amide bonds. The van der Waals surface area contributed by atoms with Gasteiger partial charge in [0, 0.05) is 17.1 Å². The highest BCUT2D eigenvalue weighted by molar-refractivity contribution is 5.89. The number of hydrogen-bond acceptors (Lipinski definition) is 3. The van der Waals surface area contributed by atoms with E-state index >= 15 is 0 Å². The average Bonchev–Trinajstić information content (AvgIpc) is 3.02. The van der Waals surface area contributed by atoms with Gasteiger partial charge in [-0.15, -0.1) is 0 Å². The van der Waals surface area contributed by atoms with Gasteiger partial charge in [-0.1, -0.05) is 19.9 Å². The third kappa shape index (κ3) is 2.93. The number of ether oxygens (including phenoxy) is 2. The lowest BCUT2D eigenvalue weighted by molar-refractivity contribution is 0.0599. The second-order valence-electron chi connectivity index (χ2n) is 6.39. The molecular formula is C21H27NO2. The SMILES string of the molecule is CC.COc1cc(C)nc2ccc(C3=C(C)C4CCC(C3)O4)cc12. The maximum atomic E-state index is 6.01. The molecule has 2 aliphatic rings. The number of hydrogen-bond donors (Lipinski definition) is 0. The van der Waals surface area contributed by atoms with E-state index in [0.717, 1.165) is 35.2 Å². The number of aromatic nitrogens is 1. The van der Waals surface area contributed by atoms with Crippen LogP contribution in [-0.4, -0.2) is 24.3 Å². The molecule has 0 N–H and O–H groups in total. The number of rotatable bonds is 2. The Balaban J connectivity index is 0.000000815. The number of benzene rings is 1. The van der Waals surface area contributed by atoms with Crippen molar-refractivity contribution >= 4 is 16.5 Å². The van der Waals surface area contributed by atoms with E-state index in [-0.39, 0.29) is 0 Å². The van der Waals surface area contributed by atoms with E-state index in [1.54, 1.807) is 7.11 Å². The highest BCUT2D eigenvalue weighted by atomic mass is 16.5. The Morgan fingerprint density at radius 3 is 2.67 bits per heavy atom. The number of aryl methyl sites for hydroxylation is 1. The van der Waals surface area contributed by atoms with Crippen molar-refractivity contribution in [3.63, 3.8) is 0 Å². The molecule has 0 aliphatic carbocycles. The molecule has 24 heavy (non-hydrogen) atoms. The van der Waals surface area contributed by atoms with E-state index in [2.05, 4.69) is 30.1 Å². The predicted octanol–water partition coefficient (Wildman–Crippen LogP) is 5.30. The number of pyridine rings is 1. The Labute approximate surface area is 144 Å². The van der Waals surface area contributed by atoms with E-state index in [1.807, 2.05) is 26.8 Å². The van der Waals surface area contributed by atoms with E-state index < -0.39 is 0 Å². The molecule has 1 aromatic heterocycles. The summed E-state index contributed by atoms with van der Waals surface area (Å²) in [5, 5.41) is 1.09. The van der Waals surface area contributed by atoms with Gasteiger partial charge in [0.15, 0.2) is 0 Å². The molecule has 0 spiro atoms. The summed E-state index contributed by atoms with van der Waals surface area (Å²) in [5.74, 6) is 0.901. The molecule has 3 nitrogen and oxygen atoms in total. The first-order valence-electron chi connectivity index (χ1n) is 8.96. The molecule has 4 rings (SSSR count). The highest BCUT2D eigenvalue weighted by Gasteiger charge is 2.33. The van der Waals surface area contributed by atoms with E-state index in [0.29, 0.717) is 12.2 Å². The van der Waals surface area contributed by atoms with Gasteiger partial charge in [0.2, 0.25) is 0 Å². The van der Waals surface area contributed by atoms with Crippen molar-refractivity contribution in [3.05, 3.63) is 41.1 Å². The summed E-state index contributed by atoms with van der Waals surface area (Å²) in [6.45, 7) is 8.22. The first-order chi connectivity index (χ1) is 11.7. The molecule has 2 atom stereocenters. The second kappa shape index (κ2) is 6.94. The summed E-state index contributed by atoms with van der Waals surface area (Å²) in [7, 11) is 1.72. The molecule has 1 fully saturated rings. The molecule has 2 aromatic rings. The van der Waals surface area contributed by atoms with Crippen molar-refractivity contribution < 1.29 is 9.47 Å². The third-order valence-corrected chi connectivity index (χ3v) is 4.97. The molecule has 1 saturated heterocycles. The van der Waals surface area contributed by atoms with Crippen LogP contribution in [0.2, 0.25) is 0 Å². The summed E-state index contributed by atoms with van der Waals surface area (Å²) in [6, 6.07) is 8.53. The average molecular weight is 325 g/mol. The van der Waals surface area contributed by atoms with Gasteiger partial charge in [-0.25, -0.2) is 0 Å². The minimum absolute atomic E-state index is 0.322. The lowest BCUT2D eigenvalue weighted by atomic mass is 9.92. The summed E-state index contributed by atoms with van der Waals surface area (Å²) in [4.78, 5) is 4.61. The molecule has 0 saturated carbocycles.